The lowest BCUT2D eigenvalue weighted by atomic mass is 10.5. The van der Waals surface area contributed by atoms with Crippen LogP contribution in [-0.2, 0) is 0 Å². The Morgan fingerprint density at radius 2 is 2.27 bits per heavy atom. The third-order valence-corrected chi connectivity index (χ3v) is 2.09. The van der Waals surface area contributed by atoms with Gasteiger partial charge in [-0.15, -0.1) is 0 Å². The summed E-state index contributed by atoms with van der Waals surface area (Å²) >= 11 is 3.38. The fourth-order valence-electron chi connectivity index (χ4n) is 1.05. The van der Waals surface area contributed by atoms with Crippen LogP contribution < -0.4 is 9.64 Å². The Kier molecular flexibility index (Phi) is 4.81. The van der Waals surface area contributed by atoms with Gasteiger partial charge in [0.2, 0.25) is 11.8 Å². The van der Waals surface area contributed by atoms with Crippen molar-refractivity contribution in [2.45, 2.75) is 20.0 Å². The molecule has 1 aromatic rings. The van der Waals surface area contributed by atoms with Crippen LogP contribution in [0.15, 0.2) is 12.3 Å². The smallest absolute Gasteiger partial charge is 0.228 e. The van der Waals surface area contributed by atoms with Crippen molar-refractivity contribution in [1.29, 1.82) is 0 Å². The van der Waals surface area contributed by atoms with Gasteiger partial charge in [-0.1, -0.05) is 15.9 Å². The van der Waals surface area contributed by atoms with Gasteiger partial charge in [-0.3, -0.25) is 0 Å². The molecule has 0 aliphatic carbocycles. The van der Waals surface area contributed by atoms with Crippen LogP contribution in [0.5, 0.6) is 5.88 Å². The molecule has 0 atom stereocenters. The second-order valence-corrected chi connectivity index (χ2v) is 4.27. The van der Waals surface area contributed by atoms with E-state index < -0.39 is 0 Å². The first-order valence-corrected chi connectivity index (χ1v) is 6.02. The van der Waals surface area contributed by atoms with E-state index in [2.05, 4.69) is 25.9 Å². The third-order valence-electron chi connectivity index (χ3n) is 1.74. The molecule has 0 unspecified atom stereocenters. The molecule has 15 heavy (non-hydrogen) atoms. The first-order valence-electron chi connectivity index (χ1n) is 4.90. The standard InChI is InChI=1S/C10H16BrN3O/c1-8(2)15-9-4-6-12-10(13-9)14(3)7-5-11/h4,6,8H,5,7H2,1-3H3. The van der Waals surface area contributed by atoms with Crippen molar-refractivity contribution in [3.63, 3.8) is 0 Å². The fourth-order valence-corrected chi connectivity index (χ4v) is 1.58. The predicted octanol–water partition coefficient (Wildman–Crippen LogP) is 2.09. The summed E-state index contributed by atoms with van der Waals surface area (Å²) in [6, 6.07) is 1.77. The van der Waals surface area contributed by atoms with Crippen LogP contribution in [0.25, 0.3) is 0 Å². The average Bonchev–Trinajstić information content (AvgIpc) is 2.17. The summed E-state index contributed by atoms with van der Waals surface area (Å²) in [5, 5.41) is 0.891. The first kappa shape index (κ1) is 12.2. The molecule has 5 heteroatoms. The Morgan fingerprint density at radius 1 is 1.53 bits per heavy atom. The van der Waals surface area contributed by atoms with Crippen LogP contribution in [0.3, 0.4) is 0 Å². The maximum absolute atomic E-state index is 5.49. The van der Waals surface area contributed by atoms with Crippen molar-refractivity contribution in [3.05, 3.63) is 12.3 Å². The molecule has 0 saturated carbocycles. The van der Waals surface area contributed by atoms with Crippen LogP contribution >= 0.6 is 15.9 Å². The van der Waals surface area contributed by atoms with E-state index >= 15 is 0 Å². The van der Waals surface area contributed by atoms with E-state index in [4.69, 9.17) is 4.74 Å². The molecule has 0 radical (unpaired) electrons. The zero-order valence-corrected chi connectivity index (χ0v) is 10.9. The van der Waals surface area contributed by atoms with Crippen LogP contribution in [0.1, 0.15) is 13.8 Å². The van der Waals surface area contributed by atoms with E-state index in [0.29, 0.717) is 11.8 Å². The van der Waals surface area contributed by atoms with Crippen LogP contribution in [0.4, 0.5) is 5.95 Å². The topological polar surface area (TPSA) is 38.2 Å². The third kappa shape index (κ3) is 4.03. The molecular formula is C10H16BrN3O. The number of rotatable bonds is 5. The van der Waals surface area contributed by atoms with Crippen molar-refractivity contribution in [2.24, 2.45) is 0 Å². The molecule has 0 aromatic carbocycles. The highest BCUT2D eigenvalue weighted by molar-refractivity contribution is 9.09. The van der Waals surface area contributed by atoms with Gasteiger partial charge in [-0.05, 0) is 13.8 Å². The molecule has 0 fully saturated rings. The van der Waals surface area contributed by atoms with Gasteiger partial charge in [-0.25, -0.2) is 4.98 Å². The van der Waals surface area contributed by atoms with Crippen molar-refractivity contribution in [3.8, 4) is 5.88 Å². The number of alkyl halides is 1. The van der Waals surface area contributed by atoms with Gasteiger partial charge in [0.15, 0.2) is 0 Å². The van der Waals surface area contributed by atoms with E-state index in [0.717, 1.165) is 11.9 Å². The van der Waals surface area contributed by atoms with Gasteiger partial charge in [0.1, 0.15) is 0 Å². The summed E-state index contributed by atoms with van der Waals surface area (Å²) in [6.45, 7) is 4.82. The highest BCUT2D eigenvalue weighted by atomic mass is 79.9. The van der Waals surface area contributed by atoms with E-state index in [9.17, 15) is 0 Å². The fraction of sp³-hybridized carbons (Fsp3) is 0.600. The Morgan fingerprint density at radius 3 is 2.87 bits per heavy atom. The predicted molar refractivity (Wildman–Crippen MR) is 64.9 cm³/mol. The second-order valence-electron chi connectivity index (χ2n) is 3.47. The number of halogens is 1. The molecule has 0 bridgehead atoms. The Labute approximate surface area is 98.8 Å². The minimum atomic E-state index is 0.134. The summed E-state index contributed by atoms with van der Waals surface area (Å²) < 4.78 is 5.49. The highest BCUT2D eigenvalue weighted by Crippen LogP contribution is 2.12. The molecule has 0 spiro atoms. The van der Waals surface area contributed by atoms with E-state index in [1.54, 1.807) is 12.3 Å². The van der Waals surface area contributed by atoms with E-state index in [1.165, 1.54) is 0 Å². The molecular weight excluding hydrogens is 258 g/mol. The van der Waals surface area contributed by atoms with Gasteiger partial charge in [0.05, 0.1) is 6.10 Å². The molecule has 0 amide bonds. The summed E-state index contributed by atoms with van der Waals surface area (Å²) in [4.78, 5) is 10.5. The summed E-state index contributed by atoms with van der Waals surface area (Å²) in [5.74, 6) is 1.31. The van der Waals surface area contributed by atoms with Crippen molar-refractivity contribution in [2.75, 3.05) is 23.8 Å². The minimum Gasteiger partial charge on any atom is -0.475 e. The van der Waals surface area contributed by atoms with E-state index in [1.807, 2.05) is 25.8 Å². The lowest BCUT2D eigenvalue weighted by Gasteiger charge is -2.16. The molecule has 1 aromatic heterocycles. The first-order chi connectivity index (χ1) is 7.13. The van der Waals surface area contributed by atoms with Gasteiger partial charge < -0.3 is 9.64 Å². The summed E-state index contributed by atoms with van der Waals surface area (Å²) in [6.07, 6.45) is 1.85. The van der Waals surface area contributed by atoms with Gasteiger partial charge in [-0.2, -0.15) is 4.98 Å². The molecule has 4 nitrogen and oxygen atoms in total. The average molecular weight is 274 g/mol. The quantitative estimate of drug-likeness (QED) is 0.771. The maximum Gasteiger partial charge on any atom is 0.228 e. The van der Waals surface area contributed by atoms with Gasteiger partial charge in [0, 0.05) is 31.2 Å². The van der Waals surface area contributed by atoms with Crippen LogP contribution in [0.2, 0.25) is 0 Å². The van der Waals surface area contributed by atoms with Crippen molar-refractivity contribution >= 4 is 21.9 Å². The summed E-state index contributed by atoms with van der Waals surface area (Å²) in [7, 11) is 1.95. The molecule has 84 valence electrons. The highest BCUT2D eigenvalue weighted by Gasteiger charge is 2.05. The lowest BCUT2D eigenvalue weighted by molar-refractivity contribution is 0.232. The van der Waals surface area contributed by atoms with Crippen LogP contribution in [0, 0.1) is 0 Å². The van der Waals surface area contributed by atoms with Crippen LogP contribution in [-0.4, -0.2) is 35.0 Å². The molecule has 0 N–H and O–H groups in total. The Bertz CT molecular complexity index is 306. The second kappa shape index (κ2) is 5.90. The summed E-state index contributed by atoms with van der Waals surface area (Å²) in [5.41, 5.74) is 0. The number of aromatic nitrogens is 2. The van der Waals surface area contributed by atoms with Crippen molar-refractivity contribution < 1.29 is 4.74 Å². The zero-order chi connectivity index (χ0) is 11.3. The maximum atomic E-state index is 5.49. The SMILES string of the molecule is CC(C)Oc1ccnc(N(C)CCBr)n1. The van der Waals surface area contributed by atoms with Gasteiger partial charge in [0.25, 0.3) is 0 Å². The Balaban J connectivity index is 2.73. The number of hydrogen-bond donors (Lipinski definition) is 0. The largest absolute Gasteiger partial charge is 0.475 e. The lowest BCUT2D eigenvalue weighted by Crippen LogP contribution is -2.22. The molecule has 0 aliphatic rings. The number of anilines is 1. The zero-order valence-electron chi connectivity index (χ0n) is 9.27. The molecule has 1 heterocycles. The van der Waals surface area contributed by atoms with Crippen molar-refractivity contribution in [1.82, 2.24) is 9.97 Å². The monoisotopic (exact) mass is 273 g/mol. The molecule has 0 aliphatic heterocycles. The minimum absolute atomic E-state index is 0.134. The van der Waals surface area contributed by atoms with E-state index in [-0.39, 0.29) is 6.10 Å². The normalized spacial score (nSPS) is 10.5. The molecule has 0 saturated heterocycles. The number of ether oxygens (including phenoxy) is 1. The molecule has 1 rings (SSSR count). The van der Waals surface area contributed by atoms with Gasteiger partial charge >= 0.3 is 0 Å². The Hall–Kier alpha value is -0.840. The number of nitrogens with zero attached hydrogens (tertiary/aromatic N) is 3. The number of hydrogen-bond acceptors (Lipinski definition) is 4.